The van der Waals surface area contributed by atoms with E-state index in [1.807, 2.05) is 32.7 Å². The normalized spacial score (nSPS) is 11.2. The molecule has 1 aromatic carbocycles. The Hall–Kier alpha value is -0.980. The van der Waals surface area contributed by atoms with Gasteiger partial charge in [-0.25, -0.2) is 0 Å². The van der Waals surface area contributed by atoms with Crippen LogP contribution < -0.4 is 5.32 Å². The molecule has 0 amide bonds. The van der Waals surface area contributed by atoms with Gasteiger partial charge in [0, 0.05) is 11.4 Å². The SMILES string of the molecule is CNCc1cccc(SCCCC(C)(C)C#N)c1. The highest BCUT2D eigenvalue weighted by molar-refractivity contribution is 7.99. The molecule has 0 aliphatic carbocycles. The van der Waals surface area contributed by atoms with Crippen LogP contribution in [0.1, 0.15) is 32.3 Å². The molecule has 1 N–H and O–H groups in total. The first kappa shape index (κ1) is 15.1. The quantitative estimate of drug-likeness (QED) is 0.599. The van der Waals surface area contributed by atoms with Gasteiger partial charge in [-0.05, 0) is 57.2 Å². The molecule has 0 bridgehead atoms. The van der Waals surface area contributed by atoms with E-state index in [-0.39, 0.29) is 5.41 Å². The van der Waals surface area contributed by atoms with Crippen LogP contribution in [-0.4, -0.2) is 12.8 Å². The van der Waals surface area contributed by atoms with Crippen LogP contribution in [0.4, 0.5) is 0 Å². The lowest BCUT2D eigenvalue weighted by Gasteiger charge is -2.14. The minimum absolute atomic E-state index is 0.186. The lowest BCUT2D eigenvalue weighted by Crippen LogP contribution is -2.07. The van der Waals surface area contributed by atoms with Gasteiger partial charge < -0.3 is 5.32 Å². The second-order valence-corrected chi connectivity index (χ2v) is 6.29. The maximum Gasteiger partial charge on any atom is 0.0683 e. The lowest BCUT2D eigenvalue weighted by molar-refractivity contribution is 0.448. The molecule has 0 atom stereocenters. The van der Waals surface area contributed by atoms with Gasteiger partial charge in [0.1, 0.15) is 0 Å². The number of rotatable bonds is 7. The van der Waals surface area contributed by atoms with E-state index < -0.39 is 0 Å². The summed E-state index contributed by atoms with van der Waals surface area (Å²) in [6, 6.07) is 11.0. The number of nitrogens with one attached hydrogen (secondary N) is 1. The van der Waals surface area contributed by atoms with Crippen LogP contribution in [0.3, 0.4) is 0 Å². The number of hydrogen-bond acceptors (Lipinski definition) is 3. The first-order valence-electron chi connectivity index (χ1n) is 6.35. The number of nitrogens with zero attached hydrogens (tertiary/aromatic N) is 1. The maximum atomic E-state index is 8.94. The molecule has 0 radical (unpaired) electrons. The first-order chi connectivity index (χ1) is 8.57. The number of benzene rings is 1. The summed E-state index contributed by atoms with van der Waals surface area (Å²) in [7, 11) is 1.96. The van der Waals surface area contributed by atoms with E-state index in [1.165, 1.54) is 10.5 Å². The zero-order valence-corrected chi connectivity index (χ0v) is 12.3. The van der Waals surface area contributed by atoms with Gasteiger partial charge in [-0.1, -0.05) is 12.1 Å². The lowest BCUT2D eigenvalue weighted by atomic mass is 9.90. The molecule has 0 saturated carbocycles. The van der Waals surface area contributed by atoms with Crippen molar-refractivity contribution in [2.24, 2.45) is 5.41 Å². The molecule has 0 fully saturated rings. The van der Waals surface area contributed by atoms with Crippen LogP contribution in [0.15, 0.2) is 29.2 Å². The van der Waals surface area contributed by atoms with E-state index >= 15 is 0 Å². The highest BCUT2D eigenvalue weighted by atomic mass is 32.2. The van der Waals surface area contributed by atoms with Crippen LogP contribution in [0.25, 0.3) is 0 Å². The van der Waals surface area contributed by atoms with Crippen molar-refractivity contribution in [3.8, 4) is 6.07 Å². The molecular formula is C15H22N2S. The monoisotopic (exact) mass is 262 g/mol. The van der Waals surface area contributed by atoms with Crippen molar-refractivity contribution in [1.29, 1.82) is 5.26 Å². The van der Waals surface area contributed by atoms with E-state index in [0.717, 1.165) is 25.1 Å². The highest BCUT2D eigenvalue weighted by Gasteiger charge is 2.15. The second kappa shape index (κ2) is 7.45. The summed E-state index contributed by atoms with van der Waals surface area (Å²) in [6.45, 7) is 4.92. The average molecular weight is 262 g/mol. The average Bonchev–Trinajstić information content (AvgIpc) is 2.36. The maximum absolute atomic E-state index is 8.94. The van der Waals surface area contributed by atoms with Crippen LogP contribution in [0.2, 0.25) is 0 Å². The third kappa shape index (κ3) is 5.57. The Balaban J connectivity index is 2.36. The predicted molar refractivity (Wildman–Crippen MR) is 78.6 cm³/mol. The van der Waals surface area contributed by atoms with Crippen molar-refractivity contribution in [2.45, 2.75) is 38.1 Å². The summed E-state index contributed by atoms with van der Waals surface area (Å²) < 4.78 is 0. The van der Waals surface area contributed by atoms with E-state index in [2.05, 4.69) is 35.7 Å². The standard InChI is InChI=1S/C15H22N2S/c1-15(2,12-16)8-5-9-18-14-7-4-6-13(10-14)11-17-3/h4,6-7,10,17H,5,8-9,11H2,1-3H3. The Morgan fingerprint density at radius 2 is 2.17 bits per heavy atom. The van der Waals surface area contributed by atoms with E-state index in [9.17, 15) is 0 Å². The predicted octanol–water partition coefficient (Wildman–Crippen LogP) is 3.83. The Morgan fingerprint density at radius 1 is 1.39 bits per heavy atom. The molecule has 98 valence electrons. The molecule has 18 heavy (non-hydrogen) atoms. The molecule has 0 unspecified atom stereocenters. The smallest absolute Gasteiger partial charge is 0.0683 e. The molecule has 0 aliphatic rings. The summed E-state index contributed by atoms with van der Waals surface area (Å²) in [5, 5.41) is 12.1. The van der Waals surface area contributed by atoms with E-state index in [4.69, 9.17) is 5.26 Å². The molecule has 0 aromatic heterocycles. The van der Waals surface area contributed by atoms with Crippen molar-refractivity contribution in [2.75, 3.05) is 12.8 Å². The Morgan fingerprint density at radius 3 is 2.83 bits per heavy atom. The summed E-state index contributed by atoms with van der Waals surface area (Å²) in [5.41, 5.74) is 1.13. The van der Waals surface area contributed by atoms with Crippen molar-refractivity contribution >= 4 is 11.8 Å². The number of thioether (sulfide) groups is 1. The fourth-order valence-corrected chi connectivity index (χ4v) is 2.64. The van der Waals surface area contributed by atoms with Crippen molar-refractivity contribution in [3.05, 3.63) is 29.8 Å². The zero-order valence-electron chi connectivity index (χ0n) is 11.5. The number of nitriles is 1. The van der Waals surface area contributed by atoms with Crippen molar-refractivity contribution < 1.29 is 0 Å². The third-order valence-electron chi connectivity index (χ3n) is 2.80. The third-order valence-corrected chi connectivity index (χ3v) is 3.88. The van der Waals surface area contributed by atoms with Crippen LogP contribution in [0, 0.1) is 16.7 Å². The molecular weight excluding hydrogens is 240 g/mol. The van der Waals surface area contributed by atoms with E-state index in [0.29, 0.717) is 0 Å². The Labute approximate surface area is 115 Å². The van der Waals surface area contributed by atoms with Gasteiger partial charge in [0.2, 0.25) is 0 Å². The summed E-state index contributed by atoms with van der Waals surface area (Å²) in [5.74, 6) is 1.08. The molecule has 1 rings (SSSR count). The van der Waals surface area contributed by atoms with Gasteiger partial charge in [-0.2, -0.15) is 5.26 Å². The number of hydrogen-bond donors (Lipinski definition) is 1. The summed E-state index contributed by atoms with van der Waals surface area (Å²) >= 11 is 1.87. The molecule has 0 aliphatic heterocycles. The molecule has 0 saturated heterocycles. The second-order valence-electron chi connectivity index (χ2n) is 5.13. The molecule has 0 heterocycles. The van der Waals surface area contributed by atoms with Gasteiger partial charge in [-0.15, -0.1) is 11.8 Å². The summed E-state index contributed by atoms with van der Waals surface area (Å²) in [6.07, 6.45) is 2.05. The van der Waals surface area contributed by atoms with Gasteiger partial charge in [0.25, 0.3) is 0 Å². The largest absolute Gasteiger partial charge is 0.316 e. The van der Waals surface area contributed by atoms with Gasteiger partial charge >= 0.3 is 0 Å². The molecule has 2 nitrogen and oxygen atoms in total. The fourth-order valence-electron chi connectivity index (χ4n) is 1.71. The molecule has 1 aromatic rings. The van der Waals surface area contributed by atoms with Crippen LogP contribution >= 0.6 is 11.8 Å². The van der Waals surface area contributed by atoms with Crippen molar-refractivity contribution in [1.82, 2.24) is 5.32 Å². The molecule has 0 spiro atoms. The zero-order chi connectivity index (χ0) is 13.4. The highest BCUT2D eigenvalue weighted by Crippen LogP contribution is 2.25. The van der Waals surface area contributed by atoms with Gasteiger partial charge in [0.05, 0.1) is 11.5 Å². The van der Waals surface area contributed by atoms with Crippen molar-refractivity contribution in [3.63, 3.8) is 0 Å². The van der Waals surface area contributed by atoms with Crippen LogP contribution in [-0.2, 0) is 6.54 Å². The Kier molecular flexibility index (Phi) is 6.24. The molecule has 3 heteroatoms. The first-order valence-corrected chi connectivity index (χ1v) is 7.33. The summed E-state index contributed by atoms with van der Waals surface area (Å²) in [4.78, 5) is 1.32. The topological polar surface area (TPSA) is 35.8 Å². The van der Waals surface area contributed by atoms with Gasteiger partial charge in [-0.3, -0.25) is 0 Å². The minimum Gasteiger partial charge on any atom is -0.316 e. The van der Waals surface area contributed by atoms with E-state index in [1.54, 1.807) is 0 Å². The Bertz CT molecular complexity index is 407. The fraction of sp³-hybridized carbons (Fsp3) is 0.533. The van der Waals surface area contributed by atoms with Gasteiger partial charge in [0.15, 0.2) is 0 Å². The minimum atomic E-state index is -0.186. The van der Waals surface area contributed by atoms with Crippen LogP contribution in [0.5, 0.6) is 0 Å².